The second-order valence-electron chi connectivity index (χ2n) is 7.41. The quantitative estimate of drug-likeness (QED) is 0.514. The van der Waals surface area contributed by atoms with E-state index in [9.17, 15) is 9.59 Å². The SMILES string of the molecule is CCC(=O)N(Cc1ccccc1)[C@@H](Cc1ccccc1)C(=O)NCc1ccc(Cl)cc1. The summed E-state index contributed by atoms with van der Waals surface area (Å²) in [5.74, 6) is -0.219. The molecule has 0 aliphatic heterocycles. The molecule has 0 bridgehead atoms. The van der Waals surface area contributed by atoms with Crippen molar-refractivity contribution in [1.82, 2.24) is 10.2 Å². The normalized spacial score (nSPS) is 11.5. The molecule has 1 atom stereocenters. The number of hydrogen-bond acceptors (Lipinski definition) is 2. The summed E-state index contributed by atoms with van der Waals surface area (Å²) in [5, 5.41) is 3.66. The number of amides is 2. The summed E-state index contributed by atoms with van der Waals surface area (Å²) >= 11 is 5.95. The fourth-order valence-corrected chi connectivity index (χ4v) is 3.57. The molecule has 1 N–H and O–H groups in total. The Morgan fingerprint density at radius 1 is 0.839 bits per heavy atom. The molecular formula is C26H27ClN2O2. The molecule has 4 nitrogen and oxygen atoms in total. The van der Waals surface area contributed by atoms with Crippen molar-refractivity contribution in [3.8, 4) is 0 Å². The van der Waals surface area contributed by atoms with Gasteiger partial charge in [0, 0.05) is 31.0 Å². The van der Waals surface area contributed by atoms with Gasteiger partial charge in [0.15, 0.2) is 0 Å². The molecular weight excluding hydrogens is 408 g/mol. The molecule has 0 unspecified atom stereocenters. The zero-order valence-electron chi connectivity index (χ0n) is 17.6. The number of carbonyl (C=O) groups excluding carboxylic acids is 2. The molecule has 0 saturated carbocycles. The molecule has 3 aromatic rings. The number of halogens is 1. The van der Waals surface area contributed by atoms with Crippen molar-refractivity contribution in [3.05, 3.63) is 107 Å². The molecule has 5 heteroatoms. The van der Waals surface area contributed by atoms with Gasteiger partial charge >= 0.3 is 0 Å². The molecule has 2 amide bonds. The Morgan fingerprint density at radius 3 is 2.00 bits per heavy atom. The van der Waals surface area contributed by atoms with Crippen molar-refractivity contribution in [2.75, 3.05) is 0 Å². The predicted molar refractivity (Wildman–Crippen MR) is 125 cm³/mol. The van der Waals surface area contributed by atoms with Gasteiger partial charge in [-0.25, -0.2) is 0 Å². The van der Waals surface area contributed by atoms with E-state index in [0.29, 0.717) is 31.0 Å². The van der Waals surface area contributed by atoms with Crippen LogP contribution in [0.3, 0.4) is 0 Å². The lowest BCUT2D eigenvalue weighted by Gasteiger charge is -2.31. The second kappa shape index (κ2) is 11.3. The molecule has 31 heavy (non-hydrogen) atoms. The third-order valence-corrected chi connectivity index (χ3v) is 5.40. The lowest BCUT2D eigenvalue weighted by Crippen LogP contribution is -2.50. The third kappa shape index (κ3) is 6.69. The highest BCUT2D eigenvalue weighted by Gasteiger charge is 2.29. The standard InChI is InChI=1S/C26H27ClN2O2/c1-2-25(30)29(19-22-11-7-4-8-12-22)24(17-20-9-5-3-6-10-20)26(31)28-18-21-13-15-23(27)16-14-21/h3-16,24H,2,17-19H2,1H3,(H,28,31)/t24-/m0/s1. The minimum absolute atomic E-state index is 0.0496. The largest absolute Gasteiger partial charge is 0.350 e. The van der Waals surface area contributed by atoms with Crippen molar-refractivity contribution in [2.24, 2.45) is 0 Å². The van der Waals surface area contributed by atoms with E-state index < -0.39 is 6.04 Å². The molecule has 160 valence electrons. The van der Waals surface area contributed by atoms with Crippen LogP contribution >= 0.6 is 11.6 Å². The molecule has 0 fully saturated rings. The average molecular weight is 435 g/mol. The molecule has 0 heterocycles. The molecule has 3 aromatic carbocycles. The molecule has 0 aliphatic rings. The summed E-state index contributed by atoms with van der Waals surface area (Å²) in [4.78, 5) is 27.9. The summed E-state index contributed by atoms with van der Waals surface area (Å²) in [5.41, 5.74) is 2.96. The van der Waals surface area contributed by atoms with Crippen LogP contribution in [0.5, 0.6) is 0 Å². The van der Waals surface area contributed by atoms with Crippen LogP contribution in [-0.2, 0) is 29.1 Å². The fourth-order valence-electron chi connectivity index (χ4n) is 3.45. The first-order chi connectivity index (χ1) is 15.1. The van der Waals surface area contributed by atoms with Crippen molar-refractivity contribution < 1.29 is 9.59 Å². The summed E-state index contributed by atoms with van der Waals surface area (Å²) in [7, 11) is 0. The minimum Gasteiger partial charge on any atom is -0.350 e. The molecule has 3 rings (SSSR count). The highest BCUT2D eigenvalue weighted by molar-refractivity contribution is 6.30. The van der Waals surface area contributed by atoms with Crippen molar-refractivity contribution in [2.45, 2.75) is 38.9 Å². The van der Waals surface area contributed by atoms with Gasteiger partial charge in [0.1, 0.15) is 6.04 Å². The highest BCUT2D eigenvalue weighted by Crippen LogP contribution is 2.16. The van der Waals surface area contributed by atoms with Gasteiger partial charge < -0.3 is 10.2 Å². The van der Waals surface area contributed by atoms with Crippen LogP contribution in [-0.4, -0.2) is 22.8 Å². The summed E-state index contributed by atoms with van der Waals surface area (Å²) in [6, 6.07) is 26.3. The Balaban J connectivity index is 1.83. The van der Waals surface area contributed by atoms with Crippen LogP contribution in [0, 0.1) is 0 Å². The lowest BCUT2D eigenvalue weighted by atomic mass is 10.0. The number of carbonyl (C=O) groups is 2. The Labute approximate surface area is 188 Å². The van der Waals surface area contributed by atoms with Crippen LogP contribution in [0.25, 0.3) is 0 Å². The van der Waals surface area contributed by atoms with Gasteiger partial charge in [-0.05, 0) is 28.8 Å². The lowest BCUT2D eigenvalue weighted by molar-refractivity contribution is -0.141. The van der Waals surface area contributed by atoms with E-state index in [1.54, 1.807) is 17.0 Å². The maximum absolute atomic E-state index is 13.3. The first-order valence-corrected chi connectivity index (χ1v) is 10.8. The van der Waals surface area contributed by atoms with Crippen LogP contribution in [0.2, 0.25) is 5.02 Å². The Bertz CT molecular complexity index is 975. The van der Waals surface area contributed by atoms with Crippen LogP contribution in [0.15, 0.2) is 84.9 Å². The molecule has 0 aromatic heterocycles. The zero-order chi connectivity index (χ0) is 22.1. The van der Waals surface area contributed by atoms with Crippen LogP contribution in [0.4, 0.5) is 0 Å². The van der Waals surface area contributed by atoms with Gasteiger partial charge in [0.2, 0.25) is 11.8 Å². The zero-order valence-corrected chi connectivity index (χ0v) is 18.4. The molecule has 0 spiro atoms. The molecule has 0 aliphatic carbocycles. The van der Waals surface area contributed by atoms with Gasteiger partial charge in [-0.3, -0.25) is 9.59 Å². The number of nitrogens with zero attached hydrogens (tertiary/aromatic N) is 1. The third-order valence-electron chi connectivity index (χ3n) is 5.15. The molecule has 0 radical (unpaired) electrons. The van der Waals surface area contributed by atoms with Gasteiger partial charge in [-0.2, -0.15) is 0 Å². The Kier molecular flexibility index (Phi) is 8.25. The van der Waals surface area contributed by atoms with Crippen molar-refractivity contribution in [1.29, 1.82) is 0 Å². The second-order valence-corrected chi connectivity index (χ2v) is 7.85. The Morgan fingerprint density at radius 2 is 1.42 bits per heavy atom. The van der Waals surface area contributed by atoms with Crippen LogP contribution in [0.1, 0.15) is 30.0 Å². The fraction of sp³-hybridized carbons (Fsp3) is 0.231. The monoisotopic (exact) mass is 434 g/mol. The summed E-state index contributed by atoms with van der Waals surface area (Å²) in [6.07, 6.45) is 0.786. The number of rotatable bonds is 9. The van der Waals surface area contributed by atoms with Gasteiger partial charge in [0.25, 0.3) is 0 Å². The maximum atomic E-state index is 13.3. The van der Waals surface area contributed by atoms with E-state index >= 15 is 0 Å². The highest BCUT2D eigenvalue weighted by atomic mass is 35.5. The number of benzene rings is 3. The predicted octanol–water partition coefficient (Wildman–Crippen LogP) is 5.01. The number of nitrogens with one attached hydrogen (secondary N) is 1. The van der Waals surface area contributed by atoms with Crippen molar-refractivity contribution >= 4 is 23.4 Å². The van der Waals surface area contributed by atoms with E-state index in [-0.39, 0.29) is 11.8 Å². The van der Waals surface area contributed by atoms with Gasteiger partial charge in [0.05, 0.1) is 0 Å². The molecule has 0 saturated heterocycles. The topological polar surface area (TPSA) is 49.4 Å². The summed E-state index contributed by atoms with van der Waals surface area (Å²) < 4.78 is 0. The number of hydrogen-bond donors (Lipinski definition) is 1. The van der Waals surface area contributed by atoms with E-state index in [1.807, 2.05) is 79.7 Å². The minimum atomic E-state index is -0.609. The summed E-state index contributed by atoms with van der Waals surface area (Å²) in [6.45, 7) is 2.59. The maximum Gasteiger partial charge on any atom is 0.243 e. The first kappa shape index (κ1) is 22.6. The smallest absolute Gasteiger partial charge is 0.243 e. The van der Waals surface area contributed by atoms with E-state index in [2.05, 4.69) is 5.32 Å². The van der Waals surface area contributed by atoms with E-state index in [0.717, 1.165) is 16.7 Å². The Hall–Kier alpha value is -3.11. The van der Waals surface area contributed by atoms with Gasteiger partial charge in [-0.15, -0.1) is 0 Å². The van der Waals surface area contributed by atoms with E-state index in [1.165, 1.54) is 0 Å². The van der Waals surface area contributed by atoms with Crippen LogP contribution < -0.4 is 5.32 Å². The average Bonchev–Trinajstić information content (AvgIpc) is 2.81. The van der Waals surface area contributed by atoms with E-state index in [4.69, 9.17) is 11.6 Å². The first-order valence-electron chi connectivity index (χ1n) is 10.5. The van der Waals surface area contributed by atoms with Gasteiger partial charge in [-0.1, -0.05) is 91.3 Å². The van der Waals surface area contributed by atoms with Crippen molar-refractivity contribution in [3.63, 3.8) is 0 Å².